The van der Waals surface area contributed by atoms with Crippen molar-refractivity contribution in [2.45, 2.75) is 31.4 Å². The summed E-state index contributed by atoms with van der Waals surface area (Å²) in [6.45, 7) is 0.680. The summed E-state index contributed by atoms with van der Waals surface area (Å²) in [4.78, 5) is 0. The van der Waals surface area contributed by atoms with Gasteiger partial charge in [0.25, 0.3) is 0 Å². The van der Waals surface area contributed by atoms with Crippen molar-refractivity contribution < 1.29 is 13.5 Å². The van der Waals surface area contributed by atoms with Crippen LogP contribution in [0, 0.1) is 11.6 Å². The van der Waals surface area contributed by atoms with Crippen LogP contribution < -0.4 is 5.32 Å². The third-order valence-corrected chi connectivity index (χ3v) is 3.64. The minimum Gasteiger partial charge on any atom is -0.376 e. The highest BCUT2D eigenvalue weighted by atomic mass is 35.5. The van der Waals surface area contributed by atoms with Crippen molar-refractivity contribution in [3.8, 4) is 0 Å². The highest BCUT2D eigenvalue weighted by molar-refractivity contribution is 6.30. The Balaban J connectivity index is 2.29. The fourth-order valence-corrected chi connectivity index (χ4v) is 2.52. The molecule has 1 aromatic rings. The largest absolute Gasteiger partial charge is 0.376 e. The van der Waals surface area contributed by atoms with Gasteiger partial charge in [0.2, 0.25) is 0 Å². The molecule has 1 aromatic carbocycles. The van der Waals surface area contributed by atoms with E-state index in [1.54, 1.807) is 7.05 Å². The molecule has 5 heteroatoms. The van der Waals surface area contributed by atoms with Gasteiger partial charge in [0, 0.05) is 12.2 Å². The van der Waals surface area contributed by atoms with E-state index < -0.39 is 16.7 Å². The Morgan fingerprint density at radius 1 is 1.39 bits per heavy atom. The second-order valence-corrected chi connectivity index (χ2v) is 4.81. The summed E-state index contributed by atoms with van der Waals surface area (Å²) in [6.07, 6.45) is 2.85. The van der Waals surface area contributed by atoms with E-state index >= 15 is 0 Å². The van der Waals surface area contributed by atoms with E-state index in [1.165, 1.54) is 12.1 Å². The highest BCUT2D eigenvalue weighted by Gasteiger charge is 2.28. The molecule has 0 radical (unpaired) electrons. The summed E-state index contributed by atoms with van der Waals surface area (Å²) < 4.78 is 32.8. The van der Waals surface area contributed by atoms with Crippen molar-refractivity contribution in [1.29, 1.82) is 0 Å². The molecular formula is C13H16ClF2NO. The first-order chi connectivity index (χ1) is 8.65. The molecule has 0 amide bonds. The Morgan fingerprint density at radius 2 is 2.17 bits per heavy atom. The predicted molar refractivity (Wildman–Crippen MR) is 66.8 cm³/mol. The Kier molecular flexibility index (Phi) is 4.54. The van der Waals surface area contributed by atoms with Gasteiger partial charge in [-0.15, -0.1) is 0 Å². The molecule has 0 bridgehead atoms. The molecule has 100 valence electrons. The molecule has 0 aromatic heterocycles. The standard InChI is InChI=1S/C13H16ClF2NO/c1-17-13(10-4-2-3-7-18-10)8-5-6-9(15)11(14)12(8)16/h5-6,10,13,17H,2-4,7H2,1H3. The van der Waals surface area contributed by atoms with Crippen molar-refractivity contribution in [3.63, 3.8) is 0 Å². The molecule has 1 saturated heterocycles. The molecule has 1 aliphatic heterocycles. The van der Waals surface area contributed by atoms with Gasteiger partial charge in [-0.2, -0.15) is 0 Å². The number of nitrogens with one attached hydrogen (secondary N) is 1. The minimum absolute atomic E-state index is 0.0974. The molecule has 18 heavy (non-hydrogen) atoms. The fraction of sp³-hybridized carbons (Fsp3) is 0.538. The average molecular weight is 276 g/mol. The summed E-state index contributed by atoms with van der Waals surface area (Å²) in [5.74, 6) is -1.44. The summed E-state index contributed by atoms with van der Waals surface area (Å²) in [7, 11) is 1.74. The second kappa shape index (κ2) is 5.95. The van der Waals surface area contributed by atoms with Gasteiger partial charge in [-0.1, -0.05) is 17.7 Å². The Morgan fingerprint density at radius 3 is 2.78 bits per heavy atom. The van der Waals surface area contributed by atoms with Gasteiger partial charge in [-0.05, 0) is 32.4 Å². The monoisotopic (exact) mass is 275 g/mol. The van der Waals surface area contributed by atoms with E-state index in [1.807, 2.05) is 0 Å². The van der Waals surface area contributed by atoms with Gasteiger partial charge < -0.3 is 10.1 Å². The summed E-state index contributed by atoms with van der Waals surface area (Å²) >= 11 is 5.60. The van der Waals surface area contributed by atoms with Gasteiger partial charge in [0.15, 0.2) is 0 Å². The molecule has 1 fully saturated rings. The van der Waals surface area contributed by atoms with Gasteiger partial charge >= 0.3 is 0 Å². The number of hydrogen-bond donors (Lipinski definition) is 1. The van der Waals surface area contributed by atoms with Crippen molar-refractivity contribution in [2.75, 3.05) is 13.7 Å². The first kappa shape index (κ1) is 13.7. The molecule has 0 saturated carbocycles. The topological polar surface area (TPSA) is 21.3 Å². The van der Waals surface area contributed by atoms with Crippen molar-refractivity contribution in [3.05, 3.63) is 34.4 Å². The van der Waals surface area contributed by atoms with Gasteiger partial charge in [-0.25, -0.2) is 8.78 Å². The molecule has 2 nitrogen and oxygen atoms in total. The van der Waals surface area contributed by atoms with Crippen LogP contribution in [-0.2, 0) is 4.74 Å². The molecule has 0 aliphatic carbocycles. The Labute approximate surface area is 110 Å². The number of rotatable bonds is 3. The van der Waals surface area contributed by atoms with E-state index in [-0.39, 0.29) is 12.1 Å². The van der Waals surface area contributed by atoms with Crippen molar-refractivity contribution >= 4 is 11.6 Å². The molecule has 0 spiro atoms. The predicted octanol–water partition coefficient (Wildman–Crippen LogP) is 3.45. The van der Waals surface area contributed by atoms with Gasteiger partial charge in [0.1, 0.15) is 16.7 Å². The SMILES string of the molecule is CNC(c1ccc(F)c(Cl)c1F)C1CCCCO1. The zero-order valence-corrected chi connectivity index (χ0v) is 10.9. The Bertz CT molecular complexity index is 422. The van der Waals surface area contributed by atoms with Crippen LogP contribution in [0.25, 0.3) is 0 Å². The molecule has 1 N–H and O–H groups in total. The van der Waals surface area contributed by atoms with E-state index in [2.05, 4.69) is 5.32 Å². The Hall–Kier alpha value is -0.710. The molecule has 2 rings (SSSR count). The number of hydrogen-bond acceptors (Lipinski definition) is 2. The summed E-state index contributed by atoms with van der Waals surface area (Å²) in [6, 6.07) is 2.31. The van der Waals surface area contributed by atoms with E-state index in [0.29, 0.717) is 12.2 Å². The van der Waals surface area contributed by atoms with Crippen LogP contribution in [0.2, 0.25) is 5.02 Å². The van der Waals surface area contributed by atoms with E-state index in [0.717, 1.165) is 19.3 Å². The van der Waals surface area contributed by atoms with E-state index in [4.69, 9.17) is 16.3 Å². The number of halogens is 3. The minimum atomic E-state index is -0.739. The summed E-state index contributed by atoms with van der Waals surface area (Å²) in [5.41, 5.74) is 0.357. The summed E-state index contributed by atoms with van der Waals surface area (Å²) in [5, 5.41) is 2.57. The zero-order chi connectivity index (χ0) is 13.1. The molecule has 2 unspecified atom stereocenters. The molecular weight excluding hydrogens is 260 g/mol. The van der Waals surface area contributed by atoms with Crippen LogP contribution >= 0.6 is 11.6 Å². The van der Waals surface area contributed by atoms with E-state index in [9.17, 15) is 8.78 Å². The lowest BCUT2D eigenvalue weighted by molar-refractivity contribution is -0.00733. The number of benzene rings is 1. The third kappa shape index (κ3) is 2.66. The molecule has 2 atom stereocenters. The van der Waals surface area contributed by atoms with Crippen LogP contribution in [0.5, 0.6) is 0 Å². The maximum absolute atomic E-state index is 14.0. The second-order valence-electron chi connectivity index (χ2n) is 4.44. The van der Waals surface area contributed by atoms with Crippen LogP contribution in [0.3, 0.4) is 0 Å². The first-order valence-corrected chi connectivity index (χ1v) is 6.45. The number of likely N-dealkylation sites (N-methyl/N-ethyl adjacent to an activating group) is 1. The van der Waals surface area contributed by atoms with Gasteiger partial charge in [-0.3, -0.25) is 0 Å². The lowest BCUT2D eigenvalue weighted by Gasteiger charge is -2.30. The fourth-order valence-electron chi connectivity index (χ4n) is 2.35. The molecule has 1 aliphatic rings. The lowest BCUT2D eigenvalue weighted by Crippen LogP contribution is -2.34. The van der Waals surface area contributed by atoms with Crippen molar-refractivity contribution in [2.24, 2.45) is 0 Å². The van der Waals surface area contributed by atoms with Crippen molar-refractivity contribution in [1.82, 2.24) is 5.32 Å². The van der Waals surface area contributed by atoms with Crippen LogP contribution in [-0.4, -0.2) is 19.8 Å². The average Bonchev–Trinajstić information content (AvgIpc) is 2.41. The van der Waals surface area contributed by atoms with Crippen LogP contribution in [0.15, 0.2) is 12.1 Å². The quantitative estimate of drug-likeness (QED) is 0.853. The maximum Gasteiger partial charge on any atom is 0.149 e. The lowest BCUT2D eigenvalue weighted by atomic mass is 9.95. The zero-order valence-electron chi connectivity index (χ0n) is 10.2. The molecule has 1 heterocycles. The normalized spacial score (nSPS) is 21.9. The first-order valence-electron chi connectivity index (χ1n) is 6.07. The number of ether oxygens (including phenoxy) is 1. The maximum atomic E-state index is 14.0. The van der Waals surface area contributed by atoms with Crippen LogP contribution in [0.1, 0.15) is 30.9 Å². The third-order valence-electron chi connectivity index (χ3n) is 3.30. The smallest absolute Gasteiger partial charge is 0.149 e. The highest BCUT2D eigenvalue weighted by Crippen LogP contribution is 2.31. The van der Waals surface area contributed by atoms with Gasteiger partial charge in [0.05, 0.1) is 12.1 Å². The van der Waals surface area contributed by atoms with Crippen LogP contribution in [0.4, 0.5) is 8.78 Å².